The highest BCUT2D eigenvalue weighted by Crippen LogP contribution is 2.41. The molecule has 90 valence electrons. The van der Waals surface area contributed by atoms with Gasteiger partial charge in [0.25, 0.3) is 0 Å². The van der Waals surface area contributed by atoms with Crippen LogP contribution in [0.25, 0.3) is 0 Å². The van der Waals surface area contributed by atoms with Crippen molar-refractivity contribution in [2.45, 2.75) is 32.6 Å². The van der Waals surface area contributed by atoms with Crippen LogP contribution in [0.15, 0.2) is 29.3 Å². The van der Waals surface area contributed by atoms with Gasteiger partial charge in [-0.1, -0.05) is 37.6 Å². The average Bonchev–Trinajstić information content (AvgIpc) is 2.96. The van der Waals surface area contributed by atoms with E-state index in [-0.39, 0.29) is 5.41 Å². The molecule has 0 bridgehead atoms. The number of rotatable bonds is 3. The molecular weight excluding hydrogens is 208 g/mol. The van der Waals surface area contributed by atoms with E-state index in [9.17, 15) is 0 Å². The largest absolute Gasteiger partial charge is 0.371 e. The standard InChI is InChI=1S/C15H20N2/c1-2-7-15(14-16-8-9-17-14)10-12-5-3-4-6-13(12)11-15/h3-6H,2,7-11H2,1H3,(H,16,17). The lowest BCUT2D eigenvalue weighted by molar-refractivity contribution is 0.395. The summed E-state index contributed by atoms with van der Waals surface area (Å²) in [6.45, 7) is 4.26. The number of benzene rings is 1. The molecule has 0 fully saturated rings. The van der Waals surface area contributed by atoms with Crippen molar-refractivity contribution in [2.75, 3.05) is 13.1 Å². The lowest BCUT2D eigenvalue weighted by atomic mass is 9.79. The van der Waals surface area contributed by atoms with E-state index in [1.165, 1.54) is 42.6 Å². The lowest BCUT2D eigenvalue weighted by Crippen LogP contribution is -2.39. The molecule has 0 aromatic heterocycles. The van der Waals surface area contributed by atoms with Crippen LogP contribution < -0.4 is 5.32 Å². The fourth-order valence-corrected chi connectivity index (χ4v) is 3.39. The molecule has 0 radical (unpaired) electrons. The van der Waals surface area contributed by atoms with Crippen molar-refractivity contribution < 1.29 is 0 Å². The molecule has 0 amide bonds. The number of nitrogens with one attached hydrogen (secondary N) is 1. The topological polar surface area (TPSA) is 24.4 Å². The van der Waals surface area contributed by atoms with Gasteiger partial charge >= 0.3 is 0 Å². The fraction of sp³-hybridized carbons (Fsp3) is 0.533. The van der Waals surface area contributed by atoms with Gasteiger partial charge in [-0.2, -0.15) is 0 Å². The van der Waals surface area contributed by atoms with Crippen LogP contribution in [0.1, 0.15) is 30.9 Å². The average molecular weight is 228 g/mol. The Hall–Kier alpha value is -1.31. The van der Waals surface area contributed by atoms with E-state index in [0.717, 1.165) is 13.1 Å². The lowest BCUT2D eigenvalue weighted by Gasteiger charge is -2.29. The first kappa shape index (κ1) is 10.8. The Balaban J connectivity index is 1.94. The first-order valence-corrected chi connectivity index (χ1v) is 6.70. The first-order chi connectivity index (χ1) is 8.34. The van der Waals surface area contributed by atoms with Crippen molar-refractivity contribution in [3.8, 4) is 0 Å². The van der Waals surface area contributed by atoms with Crippen molar-refractivity contribution in [2.24, 2.45) is 10.4 Å². The van der Waals surface area contributed by atoms with Gasteiger partial charge in [0.1, 0.15) is 5.84 Å². The van der Waals surface area contributed by atoms with Gasteiger partial charge in [-0.15, -0.1) is 0 Å². The summed E-state index contributed by atoms with van der Waals surface area (Å²) >= 11 is 0. The van der Waals surface area contributed by atoms with Crippen molar-refractivity contribution in [1.82, 2.24) is 5.32 Å². The summed E-state index contributed by atoms with van der Waals surface area (Å²) in [4.78, 5) is 4.70. The Bertz CT molecular complexity index is 423. The Kier molecular flexibility index (Phi) is 2.65. The maximum Gasteiger partial charge on any atom is 0.103 e. The molecule has 0 unspecified atom stereocenters. The van der Waals surface area contributed by atoms with Gasteiger partial charge in [-0.25, -0.2) is 0 Å². The van der Waals surface area contributed by atoms with Gasteiger partial charge < -0.3 is 5.32 Å². The van der Waals surface area contributed by atoms with E-state index < -0.39 is 0 Å². The Morgan fingerprint density at radius 3 is 2.47 bits per heavy atom. The molecule has 1 heterocycles. The van der Waals surface area contributed by atoms with Crippen LogP contribution >= 0.6 is 0 Å². The zero-order chi connectivity index (χ0) is 11.7. The van der Waals surface area contributed by atoms with E-state index in [1.54, 1.807) is 0 Å². The van der Waals surface area contributed by atoms with Gasteiger partial charge in [-0.05, 0) is 30.4 Å². The van der Waals surface area contributed by atoms with E-state index in [1.807, 2.05) is 0 Å². The van der Waals surface area contributed by atoms with Crippen molar-refractivity contribution in [3.05, 3.63) is 35.4 Å². The summed E-state index contributed by atoms with van der Waals surface area (Å²) in [6, 6.07) is 8.88. The van der Waals surface area contributed by atoms with Crippen molar-refractivity contribution in [3.63, 3.8) is 0 Å². The Morgan fingerprint density at radius 2 is 1.94 bits per heavy atom. The smallest absolute Gasteiger partial charge is 0.103 e. The zero-order valence-electron chi connectivity index (χ0n) is 10.5. The Morgan fingerprint density at radius 1 is 1.24 bits per heavy atom. The monoisotopic (exact) mass is 228 g/mol. The first-order valence-electron chi connectivity index (χ1n) is 6.70. The van der Waals surface area contributed by atoms with Gasteiger partial charge in [0.05, 0.1) is 6.54 Å². The molecule has 2 heteroatoms. The molecule has 1 aromatic rings. The molecule has 1 aliphatic carbocycles. The number of hydrogen-bond acceptors (Lipinski definition) is 2. The maximum absolute atomic E-state index is 4.70. The SMILES string of the molecule is CCCC1(C2=NCCN2)Cc2ccccc2C1. The van der Waals surface area contributed by atoms with Crippen LogP contribution in [0.3, 0.4) is 0 Å². The molecular formula is C15H20N2. The summed E-state index contributed by atoms with van der Waals surface area (Å²) in [6.07, 6.45) is 4.81. The summed E-state index contributed by atoms with van der Waals surface area (Å²) < 4.78 is 0. The van der Waals surface area contributed by atoms with Crippen LogP contribution in [0.5, 0.6) is 0 Å². The molecule has 2 aliphatic rings. The van der Waals surface area contributed by atoms with Crippen molar-refractivity contribution >= 4 is 5.84 Å². The van der Waals surface area contributed by atoms with Gasteiger partial charge in [0.15, 0.2) is 0 Å². The summed E-state index contributed by atoms with van der Waals surface area (Å²) in [7, 11) is 0. The normalized spacial score (nSPS) is 20.9. The van der Waals surface area contributed by atoms with Crippen LogP contribution in [-0.4, -0.2) is 18.9 Å². The van der Waals surface area contributed by atoms with Crippen LogP contribution in [0, 0.1) is 5.41 Å². The van der Waals surface area contributed by atoms with Crippen molar-refractivity contribution in [1.29, 1.82) is 0 Å². The van der Waals surface area contributed by atoms with E-state index in [0.29, 0.717) is 0 Å². The third-order valence-electron chi connectivity index (χ3n) is 4.08. The van der Waals surface area contributed by atoms with Crippen LogP contribution in [-0.2, 0) is 12.8 Å². The number of aliphatic imine (C=N–C) groups is 1. The minimum absolute atomic E-state index is 0.273. The third kappa shape index (κ3) is 1.76. The molecule has 0 spiro atoms. The molecule has 0 atom stereocenters. The quantitative estimate of drug-likeness (QED) is 0.845. The zero-order valence-corrected chi connectivity index (χ0v) is 10.5. The minimum Gasteiger partial charge on any atom is -0.371 e. The predicted octanol–water partition coefficient (Wildman–Crippen LogP) is 2.57. The minimum atomic E-state index is 0.273. The molecule has 1 aromatic carbocycles. The van der Waals surface area contributed by atoms with E-state index >= 15 is 0 Å². The highest BCUT2D eigenvalue weighted by molar-refractivity contribution is 5.90. The highest BCUT2D eigenvalue weighted by atomic mass is 15.1. The maximum atomic E-state index is 4.70. The molecule has 2 nitrogen and oxygen atoms in total. The molecule has 0 saturated heterocycles. The number of amidine groups is 1. The summed E-state index contributed by atoms with van der Waals surface area (Å²) in [5, 5.41) is 3.51. The molecule has 1 N–H and O–H groups in total. The second-order valence-corrected chi connectivity index (χ2v) is 5.31. The van der Waals surface area contributed by atoms with Crippen LogP contribution in [0.4, 0.5) is 0 Å². The molecule has 0 saturated carbocycles. The second kappa shape index (κ2) is 4.17. The van der Waals surface area contributed by atoms with Gasteiger partial charge in [0.2, 0.25) is 0 Å². The van der Waals surface area contributed by atoms with E-state index in [4.69, 9.17) is 4.99 Å². The van der Waals surface area contributed by atoms with Gasteiger partial charge in [-0.3, -0.25) is 4.99 Å². The predicted molar refractivity (Wildman–Crippen MR) is 71.5 cm³/mol. The molecule has 3 rings (SSSR count). The third-order valence-corrected chi connectivity index (χ3v) is 4.08. The molecule has 1 aliphatic heterocycles. The summed E-state index contributed by atoms with van der Waals surface area (Å²) in [5.74, 6) is 1.27. The number of nitrogens with zero attached hydrogens (tertiary/aromatic N) is 1. The van der Waals surface area contributed by atoms with Gasteiger partial charge in [0, 0.05) is 12.0 Å². The van der Waals surface area contributed by atoms with Crippen LogP contribution in [0.2, 0.25) is 0 Å². The number of hydrogen-bond donors (Lipinski definition) is 1. The highest BCUT2D eigenvalue weighted by Gasteiger charge is 2.41. The molecule has 17 heavy (non-hydrogen) atoms. The Labute approximate surface area is 103 Å². The van der Waals surface area contributed by atoms with E-state index in [2.05, 4.69) is 36.5 Å². The number of fused-ring (bicyclic) bond motifs is 1. The fourth-order valence-electron chi connectivity index (χ4n) is 3.39. The second-order valence-electron chi connectivity index (χ2n) is 5.31. The summed E-state index contributed by atoms with van der Waals surface area (Å²) in [5.41, 5.74) is 3.32.